The first-order valence-electron chi connectivity index (χ1n) is 4.77. The van der Waals surface area contributed by atoms with Crippen LogP contribution in [0.25, 0.3) is 0 Å². The van der Waals surface area contributed by atoms with Gasteiger partial charge >= 0.3 is 5.97 Å². The van der Waals surface area contributed by atoms with Gasteiger partial charge in [-0.3, -0.25) is 4.79 Å². The first-order chi connectivity index (χ1) is 7.99. The Balaban J connectivity index is 3.15. The number of carboxylic acids is 1. The average Bonchev–Trinajstić information content (AvgIpc) is 2.28. The summed E-state index contributed by atoms with van der Waals surface area (Å²) in [4.78, 5) is 22.3. The quantitative estimate of drug-likeness (QED) is 0.645. The van der Waals surface area contributed by atoms with Gasteiger partial charge in [0.1, 0.15) is 0 Å². The summed E-state index contributed by atoms with van der Waals surface area (Å²) < 4.78 is 0. The summed E-state index contributed by atoms with van der Waals surface area (Å²) in [6.07, 6.45) is -1.47. The van der Waals surface area contributed by atoms with Gasteiger partial charge in [-0.25, -0.2) is 4.79 Å². The maximum Gasteiger partial charge on any atom is 0.337 e. The fourth-order valence-corrected chi connectivity index (χ4v) is 2.02. The summed E-state index contributed by atoms with van der Waals surface area (Å²) in [5.41, 5.74) is 0.253. The van der Waals surface area contributed by atoms with Crippen LogP contribution in [0.4, 0.5) is 0 Å². The van der Waals surface area contributed by atoms with Crippen molar-refractivity contribution in [2.24, 2.45) is 0 Å². The molecule has 17 heavy (non-hydrogen) atoms. The molecule has 1 aromatic rings. The molecule has 0 spiro atoms. The highest BCUT2D eigenvalue weighted by molar-refractivity contribution is 9.09. The fourth-order valence-electron chi connectivity index (χ4n) is 1.33. The van der Waals surface area contributed by atoms with E-state index in [9.17, 15) is 14.7 Å². The lowest BCUT2D eigenvalue weighted by atomic mass is 10.0. The Labute approximate surface area is 111 Å². The van der Waals surface area contributed by atoms with E-state index < -0.39 is 12.1 Å². The van der Waals surface area contributed by atoms with Gasteiger partial charge in [-0.2, -0.15) is 0 Å². The van der Waals surface area contributed by atoms with Gasteiger partial charge in [0.05, 0.1) is 5.02 Å². The molecule has 0 aliphatic carbocycles. The molecule has 0 heterocycles. The number of Topliss-reactive ketones (excluding diaryl/α,β-unsaturated/α-hetero) is 1. The SMILES string of the molecule is O=C(CCBr)c1cccc(C(O)C(=O)O)c1Cl. The van der Waals surface area contributed by atoms with Crippen LogP contribution in [0.2, 0.25) is 5.02 Å². The molecule has 2 N–H and O–H groups in total. The van der Waals surface area contributed by atoms with Gasteiger partial charge in [-0.15, -0.1) is 0 Å². The van der Waals surface area contributed by atoms with Crippen LogP contribution < -0.4 is 0 Å². The third kappa shape index (κ3) is 3.28. The molecule has 1 atom stereocenters. The summed E-state index contributed by atoms with van der Waals surface area (Å²) in [6, 6.07) is 4.38. The van der Waals surface area contributed by atoms with Crippen LogP contribution in [0.5, 0.6) is 0 Å². The Morgan fingerprint density at radius 2 is 2.06 bits per heavy atom. The highest BCUT2D eigenvalue weighted by Gasteiger charge is 2.22. The lowest BCUT2D eigenvalue weighted by Crippen LogP contribution is -2.12. The van der Waals surface area contributed by atoms with Gasteiger partial charge in [-0.1, -0.05) is 39.7 Å². The zero-order valence-corrected chi connectivity index (χ0v) is 11.0. The Kier molecular flexibility index (Phi) is 5.11. The lowest BCUT2D eigenvalue weighted by Gasteiger charge is -2.11. The Hall–Kier alpha value is -0.910. The predicted molar refractivity (Wildman–Crippen MR) is 66.8 cm³/mol. The Morgan fingerprint density at radius 1 is 1.41 bits per heavy atom. The molecule has 1 aromatic carbocycles. The standard InChI is InChI=1S/C11H10BrClO4/c12-5-4-8(14)6-2-1-3-7(9(6)13)10(15)11(16)17/h1-3,10,15H,4-5H2,(H,16,17). The number of aliphatic hydroxyl groups excluding tert-OH is 1. The second-order valence-corrected chi connectivity index (χ2v) is 4.48. The van der Waals surface area contributed by atoms with E-state index in [2.05, 4.69) is 15.9 Å². The van der Waals surface area contributed by atoms with Crippen molar-refractivity contribution in [1.29, 1.82) is 0 Å². The minimum absolute atomic E-state index is 0.00616. The van der Waals surface area contributed by atoms with E-state index in [0.29, 0.717) is 5.33 Å². The fraction of sp³-hybridized carbons (Fsp3) is 0.273. The Morgan fingerprint density at radius 3 is 2.59 bits per heavy atom. The molecule has 92 valence electrons. The molecule has 0 saturated heterocycles. The topological polar surface area (TPSA) is 74.6 Å². The number of aliphatic carboxylic acids is 1. The molecule has 0 saturated carbocycles. The second-order valence-electron chi connectivity index (χ2n) is 3.31. The molecule has 1 unspecified atom stereocenters. The molecule has 4 nitrogen and oxygen atoms in total. The van der Waals surface area contributed by atoms with E-state index in [1.165, 1.54) is 18.2 Å². The molecule has 0 bridgehead atoms. The van der Waals surface area contributed by atoms with Gasteiger partial charge < -0.3 is 10.2 Å². The Bertz CT molecular complexity index is 447. The van der Waals surface area contributed by atoms with E-state index in [4.69, 9.17) is 16.7 Å². The number of ketones is 1. The molecular formula is C11H10BrClO4. The second kappa shape index (κ2) is 6.14. The smallest absolute Gasteiger partial charge is 0.337 e. The molecule has 0 amide bonds. The zero-order valence-electron chi connectivity index (χ0n) is 8.69. The minimum Gasteiger partial charge on any atom is -0.479 e. The molecule has 0 radical (unpaired) electrons. The minimum atomic E-state index is -1.72. The highest BCUT2D eigenvalue weighted by Crippen LogP contribution is 2.27. The van der Waals surface area contributed by atoms with Crippen LogP contribution in [0, 0.1) is 0 Å². The number of rotatable bonds is 5. The van der Waals surface area contributed by atoms with Gasteiger partial charge in [0, 0.05) is 22.9 Å². The number of aliphatic hydroxyl groups is 1. The lowest BCUT2D eigenvalue weighted by molar-refractivity contribution is -0.146. The third-order valence-corrected chi connectivity index (χ3v) is 3.00. The molecule has 6 heteroatoms. The van der Waals surface area contributed by atoms with E-state index in [1.807, 2.05) is 0 Å². The van der Waals surface area contributed by atoms with Crippen molar-refractivity contribution in [3.05, 3.63) is 34.3 Å². The summed E-state index contributed by atoms with van der Waals surface area (Å²) in [5, 5.41) is 18.6. The summed E-state index contributed by atoms with van der Waals surface area (Å²) in [5.74, 6) is -1.61. The van der Waals surface area contributed by atoms with Crippen molar-refractivity contribution >= 4 is 39.3 Å². The number of carbonyl (C=O) groups excluding carboxylic acids is 1. The summed E-state index contributed by atoms with van der Waals surface area (Å²) in [7, 11) is 0. The number of hydrogen-bond acceptors (Lipinski definition) is 3. The number of carbonyl (C=O) groups is 2. The molecule has 0 aliphatic rings. The maximum absolute atomic E-state index is 11.7. The number of hydrogen-bond donors (Lipinski definition) is 2. The number of benzene rings is 1. The van der Waals surface area contributed by atoms with Crippen molar-refractivity contribution in [1.82, 2.24) is 0 Å². The van der Waals surface area contributed by atoms with E-state index >= 15 is 0 Å². The van der Waals surface area contributed by atoms with Crippen molar-refractivity contribution in [3.63, 3.8) is 0 Å². The van der Waals surface area contributed by atoms with Crippen molar-refractivity contribution in [2.75, 3.05) is 5.33 Å². The van der Waals surface area contributed by atoms with Crippen LogP contribution in [-0.4, -0.2) is 27.3 Å². The van der Waals surface area contributed by atoms with Gasteiger partial charge in [0.25, 0.3) is 0 Å². The number of carboxylic acid groups (broad SMARTS) is 1. The first-order valence-corrected chi connectivity index (χ1v) is 6.27. The van der Waals surface area contributed by atoms with Crippen molar-refractivity contribution in [2.45, 2.75) is 12.5 Å². The van der Waals surface area contributed by atoms with Crippen LogP contribution in [0.1, 0.15) is 28.4 Å². The van der Waals surface area contributed by atoms with Gasteiger partial charge in [0.15, 0.2) is 11.9 Å². The summed E-state index contributed by atoms with van der Waals surface area (Å²) in [6.45, 7) is 0. The average molecular weight is 322 g/mol. The maximum atomic E-state index is 11.7. The zero-order chi connectivity index (χ0) is 13.0. The number of alkyl halides is 1. The van der Waals surface area contributed by atoms with Crippen LogP contribution in [0.15, 0.2) is 18.2 Å². The van der Waals surface area contributed by atoms with E-state index in [0.717, 1.165) is 0 Å². The monoisotopic (exact) mass is 320 g/mol. The molecular weight excluding hydrogens is 311 g/mol. The van der Waals surface area contributed by atoms with E-state index in [-0.39, 0.29) is 28.4 Å². The molecule has 1 rings (SSSR count). The van der Waals surface area contributed by atoms with Gasteiger partial charge in [-0.05, 0) is 6.07 Å². The van der Waals surface area contributed by atoms with E-state index in [1.54, 1.807) is 0 Å². The summed E-state index contributed by atoms with van der Waals surface area (Å²) >= 11 is 9.05. The largest absolute Gasteiger partial charge is 0.479 e. The van der Waals surface area contributed by atoms with Crippen LogP contribution in [-0.2, 0) is 4.79 Å². The predicted octanol–water partition coefficient (Wildman–Crippen LogP) is 2.43. The molecule has 0 fully saturated rings. The van der Waals surface area contributed by atoms with Crippen molar-refractivity contribution in [3.8, 4) is 0 Å². The molecule has 0 aromatic heterocycles. The van der Waals surface area contributed by atoms with Crippen molar-refractivity contribution < 1.29 is 19.8 Å². The number of halogens is 2. The van der Waals surface area contributed by atoms with Crippen LogP contribution in [0.3, 0.4) is 0 Å². The molecule has 0 aliphatic heterocycles. The normalized spacial score (nSPS) is 12.2. The third-order valence-electron chi connectivity index (χ3n) is 2.18. The first kappa shape index (κ1) is 14.2. The van der Waals surface area contributed by atoms with Crippen LogP contribution >= 0.6 is 27.5 Å². The highest BCUT2D eigenvalue weighted by atomic mass is 79.9. The van der Waals surface area contributed by atoms with Gasteiger partial charge in [0.2, 0.25) is 0 Å².